The average Bonchev–Trinajstić information content (AvgIpc) is 3.57. The fourth-order valence-electron chi connectivity index (χ4n) is 6.43. The minimum atomic E-state index is -0.969. The highest BCUT2D eigenvalue weighted by atomic mass is 16.2. The monoisotopic (exact) mass is 561 g/mol. The van der Waals surface area contributed by atoms with Crippen LogP contribution in [0.15, 0.2) is 30.5 Å². The van der Waals surface area contributed by atoms with Gasteiger partial charge < -0.3 is 9.80 Å². The van der Waals surface area contributed by atoms with Crippen molar-refractivity contribution in [3.05, 3.63) is 47.3 Å². The van der Waals surface area contributed by atoms with E-state index in [4.69, 9.17) is 0 Å². The summed E-state index contributed by atoms with van der Waals surface area (Å²) in [6, 6.07) is 6.11. The van der Waals surface area contributed by atoms with Gasteiger partial charge in [0.1, 0.15) is 11.7 Å². The molecule has 0 aliphatic carbocycles. The zero-order valence-corrected chi connectivity index (χ0v) is 23.3. The Balaban J connectivity index is 1.04. The molecule has 12 heteroatoms. The fraction of sp³-hybridized carbons (Fsp3) is 0.517. The Morgan fingerprint density at radius 2 is 1.71 bits per heavy atom. The number of amides is 5. The largest absolute Gasteiger partial charge is 0.371 e. The quantitative estimate of drug-likeness (QED) is 0.517. The molecule has 0 saturated carbocycles. The first-order chi connectivity index (χ1) is 19.8. The van der Waals surface area contributed by atoms with Gasteiger partial charge in [0.15, 0.2) is 0 Å². The summed E-state index contributed by atoms with van der Waals surface area (Å²) >= 11 is 0. The standard InChI is InChI=1S/C29H35N7O5/c1-2-35-13-10-21(31-35)28(40)34-16-14-32(15-17-34)18-19-8-11-33(12-9-19)22-5-3-4-20-25(22)29(41)36(27(20)39)23-6-7-24(37)30-26(23)38/h3-5,10,13,19,23H,2,6-9,11-12,14-18H2,1H3,(H,30,37,38). The van der Waals surface area contributed by atoms with Gasteiger partial charge in [-0.3, -0.25) is 43.8 Å². The van der Waals surface area contributed by atoms with Crippen LogP contribution in [0.4, 0.5) is 5.69 Å². The Labute approximate surface area is 238 Å². The Morgan fingerprint density at radius 3 is 2.39 bits per heavy atom. The number of imide groups is 2. The highest BCUT2D eigenvalue weighted by molar-refractivity contribution is 6.25. The first-order valence-electron chi connectivity index (χ1n) is 14.5. The molecule has 1 N–H and O–H groups in total. The van der Waals surface area contributed by atoms with E-state index >= 15 is 0 Å². The molecule has 0 spiro atoms. The van der Waals surface area contributed by atoms with Crippen LogP contribution in [-0.2, 0) is 16.1 Å². The highest BCUT2D eigenvalue weighted by Gasteiger charge is 2.46. The third-order valence-corrected chi connectivity index (χ3v) is 8.76. The maximum Gasteiger partial charge on any atom is 0.274 e. The first kappa shape index (κ1) is 27.1. The highest BCUT2D eigenvalue weighted by Crippen LogP contribution is 2.36. The number of rotatable bonds is 6. The second kappa shape index (κ2) is 11.1. The molecule has 5 heterocycles. The lowest BCUT2D eigenvalue weighted by molar-refractivity contribution is -0.136. The van der Waals surface area contributed by atoms with Crippen LogP contribution < -0.4 is 10.2 Å². The van der Waals surface area contributed by atoms with E-state index in [1.165, 1.54) is 0 Å². The number of aryl methyl sites for hydroxylation is 1. The van der Waals surface area contributed by atoms with Crippen LogP contribution in [0.3, 0.4) is 0 Å². The lowest BCUT2D eigenvalue weighted by Gasteiger charge is -2.39. The minimum Gasteiger partial charge on any atom is -0.371 e. The van der Waals surface area contributed by atoms with Crippen molar-refractivity contribution < 1.29 is 24.0 Å². The van der Waals surface area contributed by atoms with E-state index in [0.717, 1.165) is 62.7 Å². The van der Waals surface area contributed by atoms with Crippen molar-refractivity contribution in [2.45, 2.75) is 45.2 Å². The molecule has 6 rings (SSSR count). The maximum absolute atomic E-state index is 13.5. The van der Waals surface area contributed by atoms with Crippen molar-refractivity contribution in [1.82, 2.24) is 29.8 Å². The van der Waals surface area contributed by atoms with Gasteiger partial charge in [-0.05, 0) is 50.3 Å². The molecule has 4 aliphatic heterocycles. The number of aromatic nitrogens is 2. The average molecular weight is 562 g/mol. The summed E-state index contributed by atoms with van der Waals surface area (Å²) < 4.78 is 1.77. The maximum atomic E-state index is 13.5. The van der Waals surface area contributed by atoms with E-state index in [0.29, 0.717) is 35.8 Å². The van der Waals surface area contributed by atoms with Gasteiger partial charge >= 0.3 is 0 Å². The third-order valence-electron chi connectivity index (χ3n) is 8.76. The predicted molar refractivity (Wildman–Crippen MR) is 148 cm³/mol. The van der Waals surface area contributed by atoms with Crippen molar-refractivity contribution in [2.75, 3.05) is 50.7 Å². The molecule has 4 aliphatic rings. The molecule has 41 heavy (non-hydrogen) atoms. The lowest BCUT2D eigenvalue weighted by Crippen LogP contribution is -2.54. The summed E-state index contributed by atoms with van der Waals surface area (Å²) in [4.78, 5) is 71.0. The van der Waals surface area contributed by atoms with E-state index < -0.39 is 23.8 Å². The molecule has 12 nitrogen and oxygen atoms in total. The topological polar surface area (TPSA) is 128 Å². The van der Waals surface area contributed by atoms with Gasteiger partial charge in [-0.25, -0.2) is 0 Å². The van der Waals surface area contributed by atoms with Gasteiger partial charge in [0.05, 0.1) is 16.8 Å². The Bertz CT molecular complexity index is 1390. The molecule has 2 aromatic rings. The van der Waals surface area contributed by atoms with Gasteiger partial charge in [-0.1, -0.05) is 6.07 Å². The van der Waals surface area contributed by atoms with Crippen LogP contribution in [0.5, 0.6) is 0 Å². The van der Waals surface area contributed by atoms with Gasteiger partial charge in [0.25, 0.3) is 17.7 Å². The van der Waals surface area contributed by atoms with E-state index in [2.05, 4.69) is 20.2 Å². The summed E-state index contributed by atoms with van der Waals surface area (Å²) in [7, 11) is 0. The van der Waals surface area contributed by atoms with Gasteiger partial charge in [0, 0.05) is 65.0 Å². The molecule has 1 unspecified atom stereocenters. The van der Waals surface area contributed by atoms with E-state index in [9.17, 15) is 24.0 Å². The fourth-order valence-corrected chi connectivity index (χ4v) is 6.43. The second-order valence-corrected chi connectivity index (χ2v) is 11.2. The number of nitrogens with zero attached hydrogens (tertiary/aromatic N) is 6. The van der Waals surface area contributed by atoms with E-state index in [1.54, 1.807) is 22.9 Å². The molecule has 1 aromatic heterocycles. The van der Waals surface area contributed by atoms with Crippen molar-refractivity contribution in [1.29, 1.82) is 0 Å². The van der Waals surface area contributed by atoms with Gasteiger partial charge in [-0.15, -0.1) is 0 Å². The number of carbonyl (C=O) groups is 5. The zero-order chi connectivity index (χ0) is 28.7. The van der Waals surface area contributed by atoms with Crippen molar-refractivity contribution >= 4 is 35.2 Å². The van der Waals surface area contributed by atoms with E-state index in [1.807, 2.05) is 24.1 Å². The van der Waals surface area contributed by atoms with Crippen LogP contribution in [0.25, 0.3) is 0 Å². The minimum absolute atomic E-state index is 0.00949. The molecular formula is C29H35N7O5. The molecule has 3 saturated heterocycles. The second-order valence-electron chi connectivity index (χ2n) is 11.2. The smallest absolute Gasteiger partial charge is 0.274 e. The number of fused-ring (bicyclic) bond motifs is 1. The number of hydrogen-bond acceptors (Lipinski definition) is 8. The van der Waals surface area contributed by atoms with Crippen molar-refractivity contribution in [3.63, 3.8) is 0 Å². The normalized spacial score (nSPS) is 22.4. The van der Waals surface area contributed by atoms with Crippen LogP contribution in [0.2, 0.25) is 0 Å². The molecule has 5 amide bonds. The summed E-state index contributed by atoms with van der Waals surface area (Å²) in [5, 5.41) is 6.60. The number of hydrogen-bond donors (Lipinski definition) is 1. The van der Waals surface area contributed by atoms with Crippen molar-refractivity contribution in [2.24, 2.45) is 5.92 Å². The van der Waals surface area contributed by atoms with Crippen LogP contribution in [-0.4, -0.2) is 106 Å². The van der Waals surface area contributed by atoms with Crippen LogP contribution in [0, 0.1) is 5.92 Å². The number of nitrogens with one attached hydrogen (secondary N) is 1. The first-order valence-corrected chi connectivity index (χ1v) is 14.5. The zero-order valence-electron chi connectivity index (χ0n) is 23.3. The Kier molecular flexibility index (Phi) is 7.33. The third kappa shape index (κ3) is 5.12. The molecule has 0 bridgehead atoms. The summed E-state index contributed by atoms with van der Waals surface area (Å²) in [6.07, 6.45) is 3.98. The molecule has 1 atom stereocenters. The molecule has 0 radical (unpaired) electrons. The van der Waals surface area contributed by atoms with E-state index in [-0.39, 0.29) is 24.7 Å². The van der Waals surface area contributed by atoms with Crippen LogP contribution in [0.1, 0.15) is 63.8 Å². The van der Waals surface area contributed by atoms with Crippen molar-refractivity contribution in [3.8, 4) is 0 Å². The Morgan fingerprint density at radius 1 is 0.951 bits per heavy atom. The number of piperazine rings is 1. The summed E-state index contributed by atoms with van der Waals surface area (Å²) in [5.74, 6) is -1.44. The summed E-state index contributed by atoms with van der Waals surface area (Å²) in [5.41, 5.74) is 1.89. The summed E-state index contributed by atoms with van der Waals surface area (Å²) in [6.45, 7) is 8.27. The number of benzene rings is 1. The number of piperidine rings is 2. The predicted octanol–water partition coefficient (Wildman–Crippen LogP) is 0.979. The SMILES string of the molecule is CCn1ccc(C(=O)N2CCN(CC3CCN(c4cccc5c4C(=O)N(C4CCC(=O)NC4=O)C5=O)CC3)CC2)n1. The number of carbonyl (C=O) groups excluding carboxylic acids is 5. The van der Waals surface area contributed by atoms with Gasteiger partial charge in [-0.2, -0.15) is 5.10 Å². The van der Waals surface area contributed by atoms with Crippen LogP contribution >= 0.6 is 0 Å². The Hall–Kier alpha value is -4.06. The molecule has 3 fully saturated rings. The van der Waals surface area contributed by atoms with Gasteiger partial charge in [0.2, 0.25) is 11.8 Å². The lowest BCUT2D eigenvalue weighted by atomic mass is 9.94. The molecule has 216 valence electrons. The number of anilines is 1. The molecule has 1 aromatic carbocycles. The molecular weight excluding hydrogens is 526 g/mol.